The molecule has 18 heavy (non-hydrogen) atoms. The molecule has 5 nitrogen and oxygen atoms in total. The Morgan fingerprint density at radius 3 is 2.83 bits per heavy atom. The summed E-state index contributed by atoms with van der Waals surface area (Å²) in [6.07, 6.45) is 1.75. The third kappa shape index (κ3) is 1.90. The van der Waals surface area contributed by atoms with Crippen LogP contribution in [0.1, 0.15) is 33.6 Å². The fourth-order valence-electron chi connectivity index (χ4n) is 3.18. The predicted molar refractivity (Wildman–Crippen MR) is 70.5 cm³/mol. The van der Waals surface area contributed by atoms with Gasteiger partial charge in [0, 0.05) is 19.1 Å². The number of rotatable bonds is 4. The second-order valence-corrected chi connectivity index (χ2v) is 5.62. The first-order valence-electron chi connectivity index (χ1n) is 6.76. The molecule has 0 aromatic rings. The molecule has 2 N–H and O–H groups in total. The molecule has 0 aromatic carbocycles. The monoisotopic (exact) mass is 253 g/mol. The molecular formula is C13H23N3O2. The minimum Gasteiger partial charge on any atom is -0.385 e. The van der Waals surface area contributed by atoms with Gasteiger partial charge >= 0.3 is 6.03 Å². The Balaban J connectivity index is 2.33. The summed E-state index contributed by atoms with van der Waals surface area (Å²) < 4.78 is 5.48. The lowest BCUT2D eigenvalue weighted by molar-refractivity contribution is 0.0995. The molecule has 5 heteroatoms. The number of aliphatic imine (C=N–C) groups is 1. The highest BCUT2D eigenvalue weighted by molar-refractivity contribution is 6.06. The molecule has 1 fully saturated rings. The van der Waals surface area contributed by atoms with Crippen LogP contribution in [0.3, 0.4) is 0 Å². The van der Waals surface area contributed by atoms with E-state index in [1.807, 2.05) is 4.90 Å². The molecule has 2 aliphatic heterocycles. The van der Waals surface area contributed by atoms with Gasteiger partial charge in [0.1, 0.15) is 11.4 Å². The maximum Gasteiger partial charge on any atom is 0.346 e. The number of amides is 2. The van der Waals surface area contributed by atoms with Gasteiger partial charge in [-0.1, -0.05) is 20.8 Å². The number of nitrogens with zero attached hydrogens (tertiary/aromatic N) is 2. The van der Waals surface area contributed by atoms with Crippen molar-refractivity contribution in [3.8, 4) is 0 Å². The zero-order valence-corrected chi connectivity index (χ0v) is 11.5. The molecule has 1 saturated heterocycles. The molecule has 2 rings (SSSR count). The van der Waals surface area contributed by atoms with Crippen molar-refractivity contribution in [3.63, 3.8) is 0 Å². The normalized spacial score (nSPS) is 32.4. The summed E-state index contributed by atoms with van der Waals surface area (Å²) in [5, 5.41) is 0. The largest absolute Gasteiger partial charge is 0.385 e. The lowest BCUT2D eigenvalue weighted by atomic mass is 9.78. The summed E-state index contributed by atoms with van der Waals surface area (Å²) in [6.45, 7) is 8.41. The van der Waals surface area contributed by atoms with E-state index in [4.69, 9.17) is 10.5 Å². The molecule has 2 aliphatic rings. The minimum atomic E-state index is -0.419. The summed E-state index contributed by atoms with van der Waals surface area (Å²) in [4.78, 5) is 18.0. The molecule has 2 atom stereocenters. The lowest BCUT2D eigenvalue weighted by Gasteiger charge is -2.42. The molecule has 0 radical (unpaired) electrons. The minimum absolute atomic E-state index is 0.185. The first-order valence-corrected chi connectivity index (χ1v) is 6.76. The van der Waals surface area contributed by atoms with E-state index in [9.17, 15) is 4.79 Å². The van der Waals surface area contributed by atoms with Crippen LogP contribution in [0.5, 0.6) is 0 Å². The van der Waals surface area contributed by atoms with Crippen LogP contribution < -0.4 is 5.73 Å². The second-order valence-electron chi connectivity index (χ2n) is 5.62. The van der Waals surface area contributed by atoms with Gasteiger partial charge in [-0.2, -0.15) is 4.99 Å². The first-order chi connectivity index (χ1) is 8.52. The van der Waals surface area contributed by atoms with Gasteiger partial charge < -0.3 is 15.4 Å². The summed E-state index contributed by atoms with van der Waals surface area (Å²) in [5.41, 5.74) is 5.67. The molecule has 2 unspecified atom stereocenters. The molecule has 0 aromatic heterocycles. The third-order valence-corrected chi connectivity index (χ3v) is 4.06. The predicted octanol–water partition coefficient (Wildman–Crippen LogP) is 1.62. The van der Waals surface area contributed by atoms with E-state index in [-0.39, 0.29) is 11.9 Å². The average Bonchev–Trinajstić information content (AvgIpc) is 2.88. The molecule has 102 valence electrons. The topological polar surface area (TPSA) is 67.9 Å². The summed E-state index contributed by atoms with van der Waals surface area (Å²) in [6, 6.07) is -0.185. The van der Waals surface area contributed by atoms with Gasteiger partial charge in [0.15, 0.2) is 0 Å². The highest BCUT2D eigenvalue weighted by Crippen LogP contribution is 2.38. The van der Waals surface area contributed by atoms with E-state index in [1.54, 1.807) is 0 Å². The van der Waals surface area contributed by atoms with Gasteiger partial charge in [-0.3, -0.25) is 0 Å². The molecule has 0 saturated carbocycles. The van der Waals surface area contributed by atoms with E-state index in [2.05, 4.69) is 25.8 Å². The first kappa shape index (κ1) is 13.3. The summed E-state index contributed by atoms with van der Waals surface area (Å²) in [5.74, 6) is 1.16. The Labute approximate surface area is 108 Å². The van der Waals surface area contributed by atoms with Gasteiger partial charge in [0.2, 0.25) is 0 Å². The van der Waals surface area contributed by atoms with Crippen molar-refractivity contribution in [1.82, 2.24) is 4.90 Å². The fourth-order valence-corrected chi connectivity index (χ4v) is 3.18. The van der Waals surface area contributed by atoms with Crippen LogP contribution >= 0.6 is 0 Å². The van der Waals surface area contributed by atoms with Gasteiger partial charge in [0.25, 0.3) is 0 Å². The summed E-state index contributed by atoms with van der Waals surface area (Å²) >= 11 is 0. The SMILES string of the molecule is CCC1(C2CCOC2)C(N)=NC(=O)N1CC(C)C. The molecule has 0 aliphatic carbocycles. The maximum absolute atomic E-state index is 12.1. The molecule has 0 spiro atoms. The Morgan fingerprint density at radius 1 is 1.61 bits per heavy atom. The number of amidine groups is 1. The standard InChI is InChI=1S/C13H23N3O2/c1-4-13(10-5-6-18-8-10)11(14)15-12(17)16(13)7-9(2)3/h9-10H,4-8H2,1-3H3,(H2,14,15,17). The second kappa shape index (κ2) is 4.88. The van der Waals surface area contributed by atoms with Crippen LogP contribution in [0.25, 0.3) is 0 Å². The lowest BCUT2D eigenvalue weighted by Crippen LogP contribution is -2.59. The summed E-state index contributed by atoms with van der Waals surface area (Å²) in [7, 11) is 0. The number of ether oxygens (including phenoxy) is 1. The van der Waals surface area contributed by atoms with Crippen molar-refractivity contribution in [2.45, 2.75) is 39.2 Å². The van der Waals surface area contributed by atoms with E-state index in [0.717, 1.165) is 19.4 Å². The van der Waals surface area contributed by atoms with Crippen LogP contribution in [-0.4, -0.2) is 42.1 Å². The number of hydrogen-bond acceptors (Lipinski definition) is 3. The molecule has 2 heterocycles. The van der Waals surface area contributed by atoms with Gasteiger partial charge in [-0.05, 0) is 18.8 Å². The Kier molecular flexibility index (Phi) is 3.61. The molecular weight excluding hydrogens is 230 g/mol. The average molecular weight is 253 g/mol. The van der Waals surface area contributed by atoms with Crippen LogP contribution in [0.15, 0.2) is 4.99 Å². The van der Waals surface area contributed by atoms with Crippen molar-refractivity contribution >= 4 is 11.9 Å². The number of urea groups is 1. The smallest absolute Gasteiger partial charge is 0.346 e. The van der Waals surface area contributed by atoms with E-state index >= 15 is 0 Å². The zero-order valence-electron chi connectivity index (χ0n) is 11.5. The number of carbonyl (C=O) groups excluding carboxylic acids is 1. The van der Waals surface area contributed by atoms with Crippen LogP contribution in [0.2, 0.25) is 0 Å². The maximum atomic E-state index is 12.1. The Hall–Kier alpha value is -1.10. The molecule has 2 amide bonds. The Bertz CT molecular complexity index is 361. The fraction of sp³-hybridized carbons (Fsp3) is 0.846. The van der Waals surface area contributed by atoms with Crippen molar-refractivity contribution in [2.75, 3.05) is 19.8 Å². The van der Waals surface area contributed by atoms with Crippen LogP contribution in [0.4, 0.5) is 4.79 Å². The van der Waals surface area contributed by atoms with E-state index in [0.29, 0.717) is 24.9 Å². The highest BCUT2D eigenvalue weighted by Gasteiger charge is 2.53. The van der Waals surface area contributed by atoms with Crippen molar-refractivity contribution in [3.05, 3.63) is 0 Å². The third-order valence-electron chi connectivity index (χ3n) is 4.06. The number of carbonyl (C=O) groups is 1. The highest BCUT2D eigenvalue weighted by atomic mass is 16.5. The van der Waals surface area contributed by atoms with E-state index in [1.165, 1.54) is 0 Å². The van der Waals surface area contributed by atoms with Crippen LogP contribution in [0, 0.1) is 11.8 Å². The Morgan fingerprint density at radius 2 is 2.33 bits per heavy atom. The van der Waals surface area contributed by atoms with Gasteiger partial charge in [0.05, 0.1) is 6.61 Å². The zero-order chi connectivity index (χ0) is 13.3. The van der Waals surface area contributed by atoms with Crippen molar-refractivity contribution in [2.24, 2.45) is 22.6 Å². The van der Waals surface area contributed by atoms with Crippen molar-refractivity contribution < 1.29 is 9.53 Å². The number of nitrogens with two attached hydrogens (primary N) is 1. The van der Waals surface area contributed by atoms with Gasteiger partial charge in [-0.15, -0.1) is 0 Å². The van der Waals surface area contributed by atoms with Gasteiger partial charge in [-0.25, -0.2) is 4.79 Å². The van der Waals surface area contributed by atoms with Crippen LogP contribution in [-0.2, 0) is 4.74 Å². The van der Waals surface area contributed by atoms with E-state index < -0.39 is 5.54 Å². The van der Waals surface area contributed by atoms with Crippen molar-refractivity contribution in [1.29, 1.82) is 0 Å². The quantitative estimate of drug-likeness (QED) is 0.827. The number of hydrogen-bond donors (Lipinski definition) is 1. The molecule has 0 bridgehead atoms.